The third kappa shape index (κ3) is 3.59. The van der Waals surface area contributed by atoms with Gasteiger partial charge in [-0.15, -0.1) is 0 Å². The van der Waals surface area contributed by atoms with Crippen LogP contribution in [-0.2, 0) is 9.53 Å². The average molecular weight is 272 g/mol. The molecule has 6 heteroatoms. The number of carbonyl (C=O) groups excluding carboxylic acids is 1. The SMILES string of the molecule is CCC1CN(C(=O)NC(CC)(CC)C(=O)O)CCO1. The number of urea groups is 1. The van der Waals surface area contributed by atoms with Crippen LogP contribution in [0.15, 0.2) is 0 Å². The van der Waals surface area contributed by atoms with Crippen molar-refractivity contribution in [2.75, 3.05) is 19.7 Å². The lowest BCUT2D eigenvalue weighted by Crippen LogP contribution is -2.59. The van der Waals surface area contributed by atoms with Gasteiger partial charge in [-0.1, -0.05) is 20.8 Å². The van der Waals surface area contributed by atoms with Crippen LogP contribution in [0.4, 0.5) is 4.79 Å². The summed E-state index contributed by atoms with van der Waals surface area (Å²) in [5, 5.41) is 12.0. The minimum absolute atomic E-state index is 0.0435. The molecule has 1 heterocycles. The summed E-state index contributed by atoms with van der Waals surface area (Å²) in [5.74, 6) is -0.980. The summed E-state index contributed by atoms with van der Waals surface area (Å²) in [6.45, 7) is 7.07. The van der Waals surface area contributed by atoms with Crippen LogP contribution in [0, 0.1) is 0 Å². The van der Waals surface area contributed by atoms with Crippen molar-refractivity contribution < 1.29 is 19.4 Å². The van der Waals surface area contributed by atoms with E-state index in [1.165, 1.54) is 0 Å². The summed E-state index contributed by atoms with van der Waals surface area (Å²) in [6.07, 6.45) is 1.62. The third-order valence-electron chi connectivity index (χ3n) is 3.84. The van der Waals surface area contributed by atoms with E-state index >= 15 is 0 Å². The number of aliphatic carboxylic acids is 1. The van der Waals surface area contributed by atoms with Gasteiger partial charge in [-0.05, 0) is 19.3 Å². The van der Waals surface area contributed by atoms with Gasteiger partial charge in [0.15, 0.2) is 0 Å². The maximum atomic E-state index is 12.2. The number of carboxylic acids is 1. The maximum Gasteiger partial charge on any atom is 0.329 e. The Morgan fingerprint density at radius 1 is 1.37 bits per heavy atom. The first kappa shape index (κ1) is 15.8. The van der Waals surface area contributed by atoms with Gasteiger partial charge < -0.3 is 20.1 Å². The van der Waals surface area contributed by atoms with Gasteiger partial charge in [0.2, 0.25) is 0 Å². The van der Waals surface area contributed by atoms with E-state index in [0.717, 1.165) is 6.42 Å². The highest BCUT2D eigenvalue weighted by Gasteiger charge is 2.38. The second kappa shape index (κ2) is 6.75. The Balaban J connectivity index is 2.69. The molecule has 0 aromatic heterocycles. The molecule has 1 atom stereocenters. The molecule has 6 nitrogen and oxygen atoms in total. The molecule has 2 N–H and O–H groups in total. The zero-order valence-corrected chi connectivity index (χ0v) is 11.9. The molecule has 1 unspecified atom stereocenters. The molecule has 1 aliphatic rings. The third-order valence-corrected chi connectivity index (χ3v) is 3.84. The minimum Gasteiger partial charge on any atom is -0.480 e. The lowest BCUT2D eigenvalue weighted by Gasteiger charge is -2.36. The summed E-state index contributed by atoms with van der Waals surface area (Å²) in [5.41, 5.74) is -1.17. The van der Waals surface area contributed by atoms with Crippen LogP contribution < -0.4 is 5.32 Å². The Morgan fingerprint density at radius 2 is 2.00 bits per heavy atom. The van der Waals surface area contributed by atoms with E-state index in [9.17, 15) is 14.7 Å². The standard InChI is InChI=1S/C13H24N2O4/c1-4-10-9-15(7-8-19-10)12(18)14-13(5-2,6-3)11(16)17/h10H,4-9H2,1-3H3,(H,14,18)(H,16,17). The Kier molecular flexibility index (Phi) is 5.60. The molecule has 2 amide bonds. The van der Waals surface area contributed by atoms with Crippen LogP contribution in [0.5, 0.6) is 0 Å². The molecular formula is C13H24N2O4. The number of hydrogen-bond donors (Lipinski definition) is 2. The highest BCUT2D eigenvalue weighted by atomic mass is 16.5. The molecule has 0 spiro atoms. The van der Waals surface area contributed by atoms with Crippen molar-refractivity contribution in [2.24, 2.45) is 0 Å². The topological polar surface area (TPSA) is 78.9 Å². The van der Waals surface area contributed by atoms with E-state index in [1.54, 1.807) is 18.7 Å². The lowest BCUT2D eigenvalue weighted by atomic mass is 9.93. The fraction of sp³-hybridized carbons (Fsp3) is 0.846. The van der Waals surface area contributed by atoms with E-state index in [1.807, 2.05) is 6.92 Å². The Labute approximate surface area is 114 Å². The van der Waals surface area contributed by atoms with Crippen molar-refractivity contribution in [1.29, 1.82) is 0 Å². The number of amides is 2. The largest absolute Gasteiger partial charge is 0.480 e. The van der Waals surface area contributed by atoms with E-state index < -0.39 is 11.5 Å². The molecule has 1 aliphatic heterocycles. The Morgan fingerprint density at radius 3 is 2.47 bits per heavy atom. The van der Waals surface area contributed by atoms with Gasteiger partial charge in [0.05, 0.1) is 12.7 Å². The molecule has 0 saturated carbocycles. The van der Waals surface area contributed by atoms with Crippen LogP contribution in [0.2, 0.25) is 0 Å². The van der Waals surface area contributed by atoms with Crippen LogP contribution in [-0.4, -0.2) is 53.3 Å². The summed E-state index contributed by atoms with van der Waals surface area (Å²) in [7, 11) is 0. The van der Waals surface area contributed by atoms with Crippen molar-refractivity contribution in [1.82, 2.24) is 10.2 Å². The molecule has 0 aromatic rings. The zero-order chi connectivity index (χ0) is 14.5. The fourth-order valence-corrected chi connectivity index (χ4v) is 2.22. The van der Waals surface area contributed by atoms with Gasteiger partial charge in [-0.3, -0.25) is 0 Å². The number of ether oxygens (including phenoxy) is 1. The smallest absolute Gasteiger partial charge is 0.329 e. The number of rotatable bonds is 5. The highest BCUT2D eigenvalue weighted by molar-refractivity contribution is 5.86. The van der Waals surface area contributed by atoms with E-state index in [4.69, 9.17) is 4.74 Å². The summed E-state index contributed by atoms with van der Waals surface area (Å²) >= 11 is 0. The Hall–Kier alpha value is -1.30. The van der Waals surface area contributed by atoms with Gasteiger partial charge in [-0.2, -0.15) is 0 Å². The van der Waals surface area contributed by atoms with Crippen LogP contribution in [0.25, 0.3) is 0 Å². The second-order valence-corrected chi connectivity index (χ2v) is 4.87. The van der Waals surface area contributed by atoms with Gasteiger partial charge in [0.25, 0.3) is 0 Å². The van der Waals surface area contributed by atoms with Gasteiger partial charge in [-0.25, -0.2) is 9.59 Å². The molecule has 1 fully saturated rings. The molecule has 1 saturated heterocycles. The average Bonchev–Trinajstić information content (AvgIpc) is 2.44. The summed E-state index contributed by atoms with van der Waals surface area (Å²) < 4.78 is 5.50. The number of morpholine rings is 1. The number of nitrogens with zero attached hydrogens (tertiary/aromatic N) is 1. The highest BCUT2D eigenvalue weighted by Crippen LogP contribution is 2.17. The van der Waals surface area contributed by atoms with Crippen molar-refractivity contribution >= 4 is 12.0 Å². The maximum absolute atomic E-state index is 12.2. The number of nitrogens with one attached hydrogen (secondary N) is 1. The van der Waals surface area contributed by atoms with Crippen molar-refractivity contribution in [3.63, 3.8) is 0 Å². The van der Waals surface area contributed by atoms with E-state index in [0.29, 0.717) is 32.5 Å². The van der Waals surface area contributed by atoms with E-state index in [2.05, 4.69) is 5.32 Å². The molecule has 19 heavy (non-hydrogen) atoms. The minimum atomic E-state index is -1.17. The quantitative estimate of drug-likeness (QED) is 0.794. The van der Waals surface area contributed by atoms with Gasteiger partial charge in [0.1, 0.15) is 5.54 Å². The second-order valence-electron chi connectivity index (χ2n) is 4.87. The van der Waals surface area contributed by atoms with Crippen molar-refractivity contribution in [3.05, 3.63) is 0 Å². The normalized spacial score (nSPS) is 20.2. The lowest BCUT2D eigenvalue weighted by molar-refractivity contribution is -0.144. The molecule has 0 bridgehead atoms. The first-order valence-corrected chi connectivity index (χ1v) is 6.91. The monoisotopic (exact) mass is 272 g/mol. The molecule has 110 valence electrons. The summed E-state index contributed by atoms with van der Waals surface area (Å²) in [6, 6.07) is -0.312. The number of carboxylic acid groups (broad SMARTS) is 1. The van der Waals surface area contributed by atoms with Gasteiger partial charge >= 0.3 is 12.0 Å². The Bertz CT molecular complexity index is 329. The van der Waals surface area contributed by atoms with Crippen LogP contribution in [0.1, 0.15) is 40.0 Å². The molecule has 0 aliphatic carbocycles. The fourth-order valence-electron chi connectivity index (χ4n) is 2.22. The molecule has 0 aromatic carbocycles. The first-order chi connectivity index (χ1) is 8.99. The van der Waals surface area contributed by atoms with Crippen LogP contribution in [0.3, 0.4) is 0 Å². The van der Waals surface area contributed by atoms with Crippen LogP contribution >= 0.6 is 0 Å². The van der Waals surface area contributed by atoms with Crippen molar-refractivity contribution in [3.8, 4) is 0 Å². The molecule has 1 rings (SSSR count). The molecule has 0 radical (unpaired) electrons. The predicted octanol–water partition coefficient (Wildman–Crippen LogP) is 1.45. The molecular weight excluding hydrogens is 248 g/mol. The number of carbonyl (C=O) groups is 2. The first-order valence-electron chi connectivity index (χ1n) is 6.91. The van der Waals surface area contributed by atoms with Crippen molar-refractivity contribution in [2.45, 2.75) is 51.7 Å². The number of hydrogen-bond acceptors (Lipinski definition) is 3. The predicted molar refractivity (Wildman–Crippen MR) is 71.1 cm³/mol. The summed E-state index contributed by atoms with van der Waals surface area (Å²) in [4.78, 5) is 25.2. The van der Waals surface area contributed by atoms with E-state index in [-0.39, 0.29) is 12.1 Å². The van der Waals surface area contributed by atoms with Gasteiger partial charge in [0, 0.05) is 13.1 Å². The zero-order valence-electron chi connectivity index (χ0n) is 11.9.